The van der Waals surface area contributed by atoms with E-state index in [1.807, 2.05) is 24.3 Å². The minimum Gasteiger partial charge on any atom is -0.505 e. The van der Waals surface area contributed by atoms with Crippen molar-refractivity contribution in [3.8, 4) is 17.0 Å². The first-order valence-corrected chi connectivity index (χ1v) is 8.60. The zero-order chi connectivity index (χ0) is 19.5. The summed E-state index contributed by atoms with van der Waals surface area (Å²) in [6.45, 7) is 0. The number of aromatic nitrogens is 2. The summed E-state index contributed by atoms with van der Waals surface area (Å²) in [5.74, 6) is -1.53. The summed E-state index contributed by atoms with van der Waals surface area (Å²) in [4.78, 5) is 18.4. The SMILES string of the molecule is O=C(O)c1ncccc1O.[Ir].[c-]1ccccc1-c1cc2c3c(cccc3n1)C=C2. The van der Waals surface area contributed by atoms with Crippen molar-refractivity contribution in [3.63, 3.8) is 0 Å². The monoisotopic (exact) mass is 560 g/mol. The molecule has 2 aromatic heterocycles. The standard InChI is InChI=1S/C17H10N.C6H5NO3.Ir/c1-2-5-12(6-3-1)16-11-14-10-9-13-7-4-8-15(18-16)17(13)14;8-4-2-1-3-7-5(4)6(9)10;/h1-5,7-11H;1-3,8H,(H,9,10);/q-1;;. The molecule has 0 spiro atoms. The Labute approximate surface area is 180 Å². The van der Waals surface area contributed by atoms with Gasteiger partial charge in [0.2, 0.25) is 0 Å². The Morgan fingerprint density at radius 1 is 0.966 bits per heavy atom. The van der Waals surface area contributed by atoms with Crippen LogP contribution in [0.4, 0.5) is 0 Å². The van der Waals surface area contributed by atoms with Crippen LogP contribution in [0.3, 0.4) is 0 Å². The fourth-order valence-electron chi connectivity index (χ4n) is 3.05. The van der Waals surface area contributed by atoms with Crippen molar-refractivity contribution in [2.75, 3.05) is 0 Å². The molecule has 29 heavy (non-hydrogen) atoms. The van der Waals surface area contributed by atoms with E-state index in [0.29, 0.717) is 0 Å². The molecule has 145 valence electrons. The summed E-state index contributed by atoms with van der Waals surface area (Å²) in [5, 5.41) is 18.4. The van der Waals surface area contributed by atoms with E-state index >= 15 is 0 Å². The first kappa shape index (κ1) is 20.4. The fourth-order valence-corrected chi connectivity index (χ4v) is 3.05. The average molecular weight is 560 g/mol. The van der Waals surface area contributed by atoms with Gasteiger partial charge in [0.05, 0.1) is 5.52 Å². The molecular formula is C23H15IrN2O3-. The normalized spacial score (nSPS) is 10.8. The van der Waals surface area contributed by atoms with Gasteiger partial charge >= 0.3 is 5.97 Å². The van der Waals surface area contributed by atoms with Crippen molar-refractivity contribution in [3.05, 3.63) is 89.7 Å². The maximum absolute atomic E-state index is 10.2. The molecule has 1 aliphatic rings. The predicted octanol–water partition coefficient (Wildman–Crippen LogP) is 4.67. The number of aromatic hydroxyl groups is 1. The van der Waals surface area contributed by atoms with E-state index < -0.39 is 5.97 Å². The molecule has 0 unspecified atom stereocenters. The van der Waals surface area contributed by atoms with Gasteiger partial charge in [-0.3, -0.25) is 4.98 Å². The van der Waals surface area contributed by atoms with Crippen molar-refractivity contribution >= 4 is 29.0 Å². The van der Waals surface area contributed by atoms with Gasteiger partial charge in [0.15, 0.2) is 5.69 Å². The van der Waals surface area contributed by atoms with Gasteiger partial charge in [-0.2, -0.15) is 0 Å². The van der Waals surface area contributed by atoms with E-state index in [4.69, 9.17) is 15.2 Å². The van der Waals surface area contributed by atoms with Crippen molar-refractivity contribution in [1.82, 2.24) is 9.97 Å². The summed E-state index contributed by atoms with van der Waals surface area (Å²) < 4.78 is 0. The quantitative estimate of drug-likeness (QED) is 0.307. The van der Waals surface area contributed by atoms with E-state index in [1.54, 1.807) is 0 Å². The van der Waals surface area contributed by atoms with Gasteiger partial charge in [-0.05, 0) is 35.0 Å². The summed E-state index contributed by atoms with van der Waals surface area (Å²) >= 11 is 0. The molecule has 0 amide bonds. The molecular weight excluding hydrogens is 544 g/mol. The van der Waals surface area contributed by atoms with Gasteiger partial charge in [-0.1, -0.05) is 30.4 Å². The van der Waals surface area contributed by atoms with Crippen LogP contribution in [0.15, 0.2) is 66.9 Å². The second-order valence-electron chi connectivity index (χ2n) is 6.12. The van der Waals surface area contributed by atoms with Gasteiger partial charge in [0, 0.05) is 31.7 Å². The molecule has 0 bridgehead atoms. The Morgan fingerprint density at radius 3 is 2.48 bits per heavy atom. The van der Waals surface area contributed by atoms with E-state index in [0.717, 1.165) is 16.8 Å². The minimum absolute atomic E-state index is 0. The van der Waals surface area contributed by atoms with Crippen LogP contribution in [0.1, 0.15) is 21.6 Å². The largest absolute Gasteiger partial charge is 0.505 e. The van der Waals surface area contributed by atoms with Crippen LogP contribution in [-0.4, -0.2) is 26.2 Å². The van der Waals surface area contributed by atoms with E-state index in [2.05, 4.69) is 47.5 Å². The first-order chi connectivity index (χ1) is 13.6. The summed E-state index contributed by atoms with van der Waals surface area (Å²) in [5.41, 5.74) is 5.29. The number of nitrogens with zero attached hydrogens (tertiary/aromatic N) is 2. The molecule has 0 saturated heterocycles. The molecule has 0 saturated carbocycles. The summed E-state index contributed by atoms with van der Waals surface area (Å²) in [6, 6.07) is 22.3. The topological polar surface area (TPSA) is 83.3 Å². The smallest absolute Gasteiger partial charge is 0.358 e. The maximum Gasteiger partial charge on any atom is 0.358 e. The molecule has 1 aliphatic carbocycles. The van der Waals surface area contributed by atoms with Gasteiger partial charge in [0.1, 0.15) is 5.75 Å². The van der Waals surface area contributed by atoms with Gasteiger partial charge in [0.25, 0.3) is 0 Å². The number of carboxylic acids is 1. The third-order valence-corrected chi connectivity index (χ3v) is 4.31. The zero-order valence-corrected chi connectivity index (χ0v) is 17.4. The number of rotatable bonds is 2. The number of hydrogen-bond donors (Lipinski definition) is 2. The molecule has 5 nitrogen and oxygen atoms in total. The van der Waals surface area contributed by atoms with E-state index in [1.165, 1.54) is 34.8 Å². The average Bonchev–Trinajstić information content (AvgIpc) is 3.14. The molecule has 6 heteroatoms. The maximum atomic E-state index is 10.2. The zero-order valence-electron chi connectivity index (χ0n) is 15.0. The molecule has 2 N–H and O–H groups in total. The van der Waals surface area contributed by atoms with Crippen LogP contribution in [-0.2, 0) is 20.1 Å². The second-order valence-corrected chi connectivity index (χ2v) is 6.12. The van der Waals surface area contributed by atoms with Gasteiger partial charge < -0.3 is 10.2 Å². The molecule has 0 aliphatic heterocycles. The van der Waals surface area contributed by atoms with Crippen LogP contribution >= 0.6 is 0 Å². The van der Waals surface area contributed by atoms with Crippen LogP contribution in [0.2, 0.25) is 0 Å². The van der Waals surface area contributed by atoms with Crippen LogP contribution in [0.5, 0.6) is 5.75 Å². The number of carboxylic acid groups (broad SMARTS) is 1. The Balaban J connectivity index is 0.000000189. The molecule has 2 heterocycles. The van der Waals surface area contributed by atoms with Crippen LogP contribution in [0.25, 0.3) is 34.3 Å². The molecule has 1 radical (unpaired) electrons. The minimum atomic E-state index is -1.22. The number of aromatic carboxylic acids is 1. The third-order valence-electron chi connectivity index (χ3n) is 4.31. The Morgan fingerprint density at radius 2 is 1.79 bits per heavy atom. The van der Waals surface area contributed by atoms with Gasteiger partial charge in [-0.15, -0.1) is 35.9 Å². The number of benzene rings is 2. The summed E-state index contributed by atoms with van der Waals surface area (Å²) in [7, 11) is 0. The molecule has 2 aromatic carbocycles. The van der Waals surface area contributed by atoms with Crippen molar-refractivity contribution in [2.24, 2.45) is 0 Å². The number of carbonyl (C=O) groups is 1. The summed E-state index contributed by atoms with van der Waals surface area (Å²) in [6.07, 6.45) is 5.62. The van der Waals surface area contributed by atoms with Gasteiger partial charge in [-0.25, -0.2) is 9.78 Å². The number of hydrogen-bond acceptors (Lipinski definition) is 4. The van der Waals surface area contributed by atoms with E-state index in [9.17, 15) is 4.79 Å². The van der Waals surface area contributed by atoms with Crippen molar-refractivity contribution in [2.45, 2.75) is 0 Å². The van der Waals surface area contributed by atoms with Crippen molar-refractivity contribution < 1.29 is 35.1 Å². The third kappa shape index (κ3) is 4.24. The van der Waals surface area contributed by atoms with Crippen LogP contribution < -0.4 is 0 Å². The molecule has 4 aromatic rings. The Hall–Kier alpha value is -3.34. The van der Waals surface area contributed by atoms with Crippen LogP contribution in [0, 0.1) is 6.07 Å². The number of pyridine rings is 2. The molecule has 0 fully saturated rings. The molecule has 5 rings (SSSR count). The van der Waals surface area contributed by atoms with E-state index in [-0.39, 0.29) is 31.5 Å². The van der Waals surface area contributed by atoms with Crippen molar-refractivity contribution in [1.29, 1.82) is 0 Å². The first-order valence-electron chi connectivity index (χ1n) is 8.60. The Kier molecular flexibility index (Phi) is 6.17. The molecule has 0 atom stereocenters. The second kappa shape index (κ2) is 8.78. The predicted molar refractivity (Wildman–Crippen MR) is 108 cm³/mol. The fraction of sp³-hybridized carbons (Fsp3) is 0. The Bertz CT molecular complexity index is 1210.